The molecule has 0 bridgehead atoms. The van der Waals surface area contributed by atoms with E-state index in [1.54, 1.807) is 0 Å². The molecule has 0 aromatic rings. The molecule has 0 unspecified atom stereocenters. The first-order valence-corrected chi connectivity index (χ1v) is 29.5. The third kappa shape index (κ3) is 54.4. The molecule has 0 aromatic heterocycles. The number of esters is 3. The van der Waals surface area contributed by atoms with Gasteiger partial charge in [-0.3, -0.25) is 14.4 Å². The molecule has 0 saturated heterocycles. The van der Waals surface area contributed by atoms with Crippen molar-refractivity contribution in [1.29, 1.82) is 0 Å². The number of hydrogen-bond acceptors (Lipinski definition) is 6. The van der Waals surface area contributed by atoms with Crippen molar-refractivity contribution in [1.82, 2.24) is 0 Å². The minimum atomic E-state index is -0.783. The zero-order valence-electron chi connectivity index (χ0n) is 44.9. The van der Waals surface area contributed by atoms with Crippen LogP contribution in [0.5, 0.6) is 0 Å². The van der Waals surface area contributed by atoms with E-state index >= 15 is 0 Å². The average Bonchev–Trinajstić information content (AvgIpc) is 3.33. The van der Waals surface area contributed by atoms with Gasteiger partial charge in [-0.05, 0) is 57.8 Å². The molecule has 0 saturated carbocycles. The fourth-order valence-corrected chi connectivity index (χ4v) is 8.69. The minimum Gasteiger partial charge on any atom is -0.462 e. The van der Waals surface area contributed by atoms with E-state index in [-0.39, 0.29) is 31.1 Å². The van der Waals surface area contributed by atoms with Crippen LogP contribution in [-0.4, -0.2) is 37.2 Å². The molecule has 0 aliphatic carbocycles. The molecule has 0 aromatic carbocycles. The number of carbonyl (C=O) groups excluding carboxylic acids is 3. The molecule has 0 spiro atoms. The lowest BCUT2D eigenvalue weighted by atomic mass is 10.0. The Morgan fingerprint density at radius 1 is 0.299 bits per heavy atom. The van der Waals surface area contributed by atoms with E-state index in [2.05, 4.69) is 57.2 Å². The highest BCUT2D eigenvalue weighted by molar-refractivity contribution is 5.71. The Balaban J connectivity index is 4.33. The Kier molecular flexibility index (Phi) is 54.2. The van der Waals surface area contributed by atoms with Gasteiger partial charge in [-0.2, -0.15) is 0 Å². The molecular weight excluding hydrogens is 829 g/mol. The van der Waals surface area contributed by atoms with Gasteiger partial charge in [-0.25, -0.2) is 0 Å². The number of ether oxygens (including phenoxy) is 3. The largest absolute Gasteiger partial charge is 0.462 e. The van der Waals surface area contributed by atoms with E-state index in [4.69, 9.17) is 14.2 Å². The molecule has 0 rings (SSSR count). The van der Waals surface area contributed by atoms with Crippen molar-refractivity contribution in [3.63, 3.8) is 0 Å². The van der Waals surface area contributed by atoms with E-state index in [9.17, 15) is 14.4 Å². The van der Waals surface area contributed by atoms with Crippen LogP contribution in [0, 0.1) is 0 Å². The SMILES string of the molecule is CCCCC/C=C\C/C=C\C/C=C\CCCCC(=O)OC[C@H](COC(=O)CCCCCCCCCCCCCCC)OC(=O)CCCCCCCCCCCCCCCCCCCCCCC. The van der Waals surface area contributed by atoms with Gasteiger partial charge in [0.25, 0.3) is 0 Å². The summed E-state index contributed by atoms with van der Waals surface area (Å²) in [7, 11) is 0. The van der Waals surface area contributed by atoms with Crippen molar-refractivity contribution in [2.75, 3.05) is 13.2 Å². The lowest BCUT2D eigenvalue weighted by molar-refractivity contribution is -0.167. The summed E-state index contributed by atoms with van der Waals surface area (Å²) in [4.78, 5) is 38.1. The molecule has 6 heteroatoms. The van der Waals surface area contributed by atoms with Crippen molar-refractivity contribution in [3.8, 4) is 0 Å². The molecule has 67 heavy (non-hydrogen) atoms. The van der Waals surface area contributed by atoms with Gasteiger partial charge in [0, 0.05) is 19.3 Å². The normalized spacial score (nSPS) is 12.2. The van der Waals surface area contributed by atoms with Gasteiger partial charge in [0.15, 0.2) is 6.10 Å². The number of allylic oxidation sites excluding steroid dienone is 6. The fraction of sp³-hybridized carbons (Fsp3) is 0.852. The van der Waals surface area contributed by atoms with Crippen LogP contribution in [0.15, 0.2) is 36.5 Å². The van der Waals surface area contributed by atoms with Gasteiger partial charge in [-0.15, -0.1) is 0 Å². The topological polar surface area (TPSA) is 78.9 Å². The van der Waals surface area contributed by atoms with Crippen LogP contribution in [0.1, 0.15) is 316 Å². The van der Waals surface area contributed by atoms with Gasteiger partial charge in [0.1, 0.15) is 13.2 Å². The van der Waals surface area contributed by atoms with Crippen LogP contribution < -0.4 is 0 Å². The van der Waals surface area contributed by atoms with Crippen LogP contribution in [0.4, 0.5) is 0 Å². The number of carbonyl (C=O) groups is 3. The third-order valence-corrected chi connectivity index (χ3v) is 13.1. The Morgan fingerprint density at radius 3 is 0.866 bits per heavy atom. The summed E-state index contributed by atoms with van der Waals surface area (Å²) >= 11 is 0. The molecule has 0 N–H and O–H groups in total. The molecule has 0 aliphatic rings. The summed E-state index contributed by atoms with van der Waals surface area (Å²) in [5.41, 5.74) is 0. The van der Waals surface area contributed by atoms with E-state index in [1.807, 2.05) is 0 Å². The van der Waals surface area contributed by atoms with Crippen LogP contribution in [0.3, 0.4) is 0 Å². The van der Waals surface area contributed by atoms with Crippen molar-refractivity contribution in [2.45, 2.75) is 322 Å². The first-order valence-electron chi connectivity index (χ1n) is 29.5. The summed E-state index contributed by atoms with van der Waals surface area (Å²) in [6.45, 7) is 6.62. The zero-order valence-corrected chi connectivity index (χ0v) is 44.9. The number of unbranched alkanes of at least 4 members (excludes halogenated alkanes) is 37. The predicted molar refractivity (Wildman–Crippen MR) is 289 cm³/mol. The van der Waals surface area contributed by atoms with Gasteiger partial charge in [0.05, 0.1) is 0 Å². The van der Waals surface area contributed by atoms with Gasteiger partial charge in [-0.1, -0.05) is 276 Å². The molecule has 392 valence electrons. The average molecular weight is 942 g/mol. The molecule has 0 heterocycles. The summed E-state index contributed by atoms with van der Waals surface area (Å²) in [5.74, 6) is -0.900. The zero-order chi connectivity index (χ0) is 48.6. The summed E-state index contributed by atoms with van der Waals surface area (Å²) in [6.07, 6.45) is 67.1. The first-order chi connectivity index (χ1) is 33.0. The molecule has 0 radical (unpaired) electrons. The molecule has 0 fully saturated rings. The van der Waals surface area contributed by atoms with E-state index in [0.29, 0.717) is 19.3 Å². The number of rotatable bonds is 54. The Bertz CT molecular complexity index is 1130. The fourth-order valence-electron chi connectivity index (χ4n) is 8.69. The van der Waals surface area contributed by atoms with Crippen molar-refractivity contribution < 1.29 is 28.6 Å². The quantitative estimate of drug-likeness (QED) is 0.0262. The van der Waals surface area contributed by atoms with Crippen molar-refractivity contribution in [2.24, 2.45) is 0 Å². The highest BCUT2D eigenvalue weighted by Gasteiger charge is 2.19. The second-order valence-electron chi connectivity index (χ2n) is 19.9. The Morgan fingerprint density at radius 2 is 0.537 bits per heavy atom. The van der Waals surface area contributed by atoms with Crippen molar-refractivity contribution >= 4 is 17.9 Å². The van der Waals surface area contributed by atoms with Crippen molar-refractivity contribution in [3.05, 3.63) is 36.5 Å². The highest BCUT2D eigenvalue weighted by atomic mass is 16.6. The third-order valence-electron chi connectivity index (χ3n) is 13.1. The maximum Gasteiger partial charge on any atom is 0.306 e. The highest BCUT2D eigenvalue weighted by Crippen LogP contribution is 2.17. The molecular formula is C61H112O6. The lowest BCUT2D eigenvalue weighted by Crippen LogP contribution is -2.30. The second kappa shape index (κ2) is 56.2. The van der Waals surface area contributed by atoms with Gasteiger partial charge in [0.2, 0.25) is 0 Å². The standard InChI is InChI=1S/C61H112O6/c1-4-7-10-13-16-19-22-25-27-28-29-30-31-32-34-37-40-43-46-49-52-55-61(64)67-58(56-65-59(62)53-50-47-44-41-38-35-24-21-18-15-12-9-6-3)57-66-60(63)54-51-48-45-42-39-36-33-26-23-20-17-14-11-8-5-2/h17,20,26,33,39,42,58H,4-16,18-19,21-25,27-32,34-38,40-41,43-57H2,1-3H3/b20-17-,33-26-,42-39-/t58-/m0/s1. The monoisotopic (exact) mass is 941 g/mol. The molecule has 0 amide bonds. The Hall–Kier alpha value is -2.37. The second-order valence-corrected chi connectivity index (χ2v) is 19.9. The minimum absolute atomic E-state index is 0.0793. The number of hydrogen-bond donors (Lipinski definition) is 0. The maximum absolute atomic E-state index is 12.9. The predicted octanol–water partition coefficient (Wildman–Crippen LogP) is 19.7. The van der Waals surface area contributed by atoms with Crippen LogP contribution in [0.2, 0.25) is 0 Å². The molecule has 6 nitrogen and oxygen atoms in total. The van der Waals surface area contributed by atoms with Crippen LogP contribution >= 0.6 is 0 Å². The Labute approximate surface area is 416 Å². The van der Waals surface area contributed by atoms with E-state index in [1.165, 1.54) is 205 Å². The molecule has 1 atom stereocenters. The summed E-state index contributed by atoms with van der Waals surface area (Å²) in [5, 5.41) is 0. The lowest BCUT2D eigenvalue weighted by Gasteiger charge is -2.18. The molecule has 0 aliphatic heterocycles. The van der Waals surface area contributed by atoms with Crippen LogP contribution in [-0.2, 0) is 28.6 Å². The smallest absolute Gasteiger partial charge is 0.306 e. The van der Waals surface area contributed by atoms with Crippen LogP contribution in [0.25, 0.3) is 0 Å². The first kappa shape index (κ1) is 64.6. The van der Waals surface area contributed by atoms with E-state index < -0.39 is 6.10 Å². The van der Waals surface area contributed by atoms with E-state index in [0.717, 1.165) is 70.6 Å². The summed E-state index contributed by atoms with van der Waals surface area (Å²) < 4.78 is 16.8. The maximum atomic E-state index is 12.9. The summed E-state index contributed by atoms with van der Waals surface area (Å²) in [6, 6.07) is 0. The van der Waals surface area contributed by atoms with Gasteiger partial charge >= 0.3 is 17.9 Å². The van der Waals surface area contributed by atoms with Gasteiger partial charge < -0.3 is 14.2 Å².